The lowest BCUT2D eigenvalue weighted by atomic mass is 9.77. The highest BCUT2D eigenvalue weighted by molar-refractivity contribution is 5.60. The summed E-state index contributed by atoms with van der Waals surface area (Å²) in [4.78, 5) is 16.0. The minimum absolute atomic E-state index is 0.0729. The first-order chi connectivity index (χ1) is 13.7. The van der Waals surface area contributed by atoms with E-state index in [9.17, 15) is 5.26 Å². The first kappa shape index (κ1) is 16.9. The molecule has 7 nitrogen and oxygen atoms in total. The van der Waals surface area contributed by atoms with Crippen molar-refractivity contribution in [1.82, 2.24) is 25.1 Å². The van der Waals surface area contributed by atoms with Gasteiger partial charge in [0.1, 0.15) is 17.3 Å². The van der Waals surface area contributed by atoms with Crippen LogP contribution >= 0.6 is 0 Å². The second-order valence-corrected chi connectivity index (χ2v) is 7.78. The topological polar surface area (TPSA) is 94.4 Å². The molecule has 3 aromatic heterocycles. The monoisotopic (exact) mass is 371 g/mol. The van der Waals surface area contributed by atoms with E-state index in [0.717, 1.165) is 50.2 Å². The van der Waals surface area contributed by atoms with Crippen LogP contribution in [0.5, 0.6) is 0 Å². The van der Waals surface area contributed by atoms with E-state index in [1.54, 1.807) is 6.20 Å². The third kappa shape index (κ3) is 2.64. The molecule has 4 heterocycles. The maximum Gasteiger partial charge on any atom is 0.180 e. The van der Waals surface area contributed by atoms with Gasteiger partial charge < -0.3 is 4.90 Å². The van der Waals surface area contributed by atoms with Gasteiger partial charge in [0.2, 0.25) is 0 Å². The predicted octanol–water partition coefficient (Wildman–Crippen LogP) is 2.93. The van der Waals surface area contributed by atoms with Crippen LogP contribution in [0.3, 0.4) is 0 Å². The van der Waals surface area contributed by atoms with Crippen LogP contribution in [-0.2, 0) is 11.8 Å². The average Bonchev–Trinajstić information content (AvgIpc) is 3.32. The molecule has 0 radical (unpaired) electrons. The molecular formula is C21H21N7. The van der Waals surface area contributed by atoms with Crippen molar-refractivity contribution in [1.29, 1.82) is 5.26 Å². The highest BCUT2D eigenvalue weighted by Crippen LogP contribution is 2.44. The SMILES string of the molecule is Cc1cccc(-c2ncc(C#N)c(N3CCCC4(CCc5cn[nH]c54)C3)n2)n1. The molecule has 1 spiro atoms. The van der Waals surface area contributed by atoms with Crippen molar-refractivity contribution < 1.29 is 0 Å². The lowest BCUT2D eigenvalue weighted by molar-refractivity contribution is 0.331. The normalized spacial score (nSPS) is 20.9. The summed E-state index contributed by atoms with van der Waals surface area (Å²) in [7, 11) is 0. The fourth-order valence-electron chi connectivity index (χ4n) is 4.66. The first-order valence-electron chi connectivity index (χ1n) is 9.67. The summed E-state index contributed by atoms with van der Waals surface area (Å²) < 4.78 is 0. The van der Waals surface area contributed by atoms with Crippen molar-refractivity contribution in [2.24, 2.45) is 0 Å². The zero-order chi connectivity index (χ0) is 19.1. The molecule has 1 aliphatic heterocycles. The molecule has 1 atom stereocenters. The summed E-state index contributed by atoms with van der Waals surface area (Å²) in [6, 6.07) is 8.08. The van der Waals surface area contributed by atoms with Gasteiger partial charge in [-0.1, -0.05) is 6.07 Å². The number of aryl methyl sites for hydroxylation is 2. The molecule has 2 aliphatic rings. The molecule has 1 unspecified atom stereocenters. The van der Waals surface area contributed by atoms with Crippen molar-refractivity contribution in [2.75, 3.05) is 18.0 Å². The first-order valence-corrected chi connectivity index (χ1v) is 9.67. The van der Waals surface area contributed by atoms with Crippen LogP contribution in [0.15, 0.2) is 30.6 Å². The number of hydrogen-bond acceptors (Lipinski definition) is 6. The maximum absolute atomic E-state index is 9.65. The molecule has 140 valence electrons. The Morgan fingerprint density at radius 2 is 2.14 bits per heavy atom. The summed E-state index contributed by atoms with van der Waals surface area (Å²) in [5, 5.41) is 17.1. The summed E-state index contributed by atoms with van der Waals surface area (Å²) in [5.74, 6) is 1.27. The van der Waals surface area contributed by atoms with Crippen LogP contribution < -0.4 is 4.90 Å². The third-order valence-corrected chi connectivity index (χ3v) is 6.00. The van der Waals surface area contributed by atoms with Crippen molar-refractivity contribution in [3.05, 3.63) is 53.1 Å². The molecule has 0 saturated carbocycles. The quantitative estimate of drug-likeness (QED) is 0.744. The van der Waals surface area contributed by atoms with E-state index >= 15 is 0 Å². The fraction of sp³-hybridized carbons (Fsp3) is 0.381. The molecular weight excluding hydrogens is 350 g/mol. The van der Waals surface area contributed by atoms with Crippen LogP contribution in [0.25, 0.3) is 11.5 Å². The Morgan fingerprint density at radius 1 is 1.21 bits per heavy atom. The maximum atomic E-state index is 9.65. The summed E-state index contributed by atoms with van der Waals surface area (Å²) in [5.41, 5.74) is 4.83. The number of anilines is 1. The number of nitrogens with zero attached hydrogens (tertiary/aromatic N) is 6. The van der Waals surface area contributed by atoms with E-state index in [1.807, 2.05) is 31.3 Å². The average molecular weight is 371 g/mol. The van der Waals surface area contributed by atoms with Crippen molar-refractivity contribution in [3.8, 4) is 17.6 Å². The number of H-pyrrole nitrogens is 1. The second-order valence-electron chi connectivity index (χ2n) is 7.78. The van der Waals surface area contributed by atoms with Crippen LogP contribution in [-0.4, -0.2) is 38.2 Å². The Kier molecular flexibility index (Phi) is 3.86. The molecule has 1 aliphatic carbocycles. The third-order valence-electron chi connectivity index (χ3n) is 6.00. The zero-order valence-electron chi connectivity index (χ0n) is 15.8. The number of piperidine rings is 1. The van der Waals surface area contributed by atoms with Gasteiger partial charge in [-0.15, -0.1) is 0 Å². The lowest BCUT2D eigenvalue weighted by Gasteiger charge is -2.41. The predicted molar refractivity (Wildman–Crippen MR) is 105 cm³/mol. The van der Waals surface area contributed by atoms with Crippen LogP contribution in [0.4, 0.5) is 5.82 Å². The summed E-state index contributed by atoms with van der Waals surface area (Å²) >= 11 is 0. The number of nitrogens with one attached hydrogen (secondary N) is 1. The molecule has 7 heteroatoms. The summed E-state index contributed by atoms with van der Waals surface area (Å²) in [6.07, 6.45) is 7.96. The van der Waals surface area contributed by atoms with Gasteiger partial charge in [-0.3, -0.25) is 5.10 Å². The van der Waals surface area contributed by atoms with Crippen LogP contribution in [0.2, 0.25) is 0 Å². The van der Waals surface area contributed by atoms with E-state index in [2.05, 4.69) is 31.1 Å². The van der Waals surface area contributed by atoms with Gasteiger partial charge in [0.15, 0.2) is 11.6 Å². The van der Waals surface area contributed by atoms with Gasteiger partial charge in [-0.2, -0.15) is 10.4 Å². The van der Waals surface area contributed by atoms with Gasteiger partial charge in [0.05, 0.1) is 12.4 Å². The summed E-state index contributed by atoms with van der Waals surface area (Å²) in [6.45, 7) is 3.68. The van der Waals surface area contributed by atoms with E-state index < -0.39 is 0 Å². The fourth-order valence-corrected chi connectivity index (χ4v) is 4.66. The number of rotatable bonds is 2. The number of hydrogen-bond donors (Lipinski definition) is 1. The lowest BCUT2D eigenvalue weighted by Crippen LogP contribution is -2.46. The molecule has 28 heavy (non-hydrogen) atoms. The van der Waals surface area contributed by atoms with Gasteiger partial charge in [-0.05, 0) is 50.3 Å². The van der Waals surface area contributed by atoms with E-state index in [-0.39, 0.29) is 5.41 Å². The van der Waals surface area contributed by atoms with E-state index in [0.29, 0.717) is 17.2 Å². The Morgan fingerprint density at radius 3 is 3.00 bits per heavy atom. The minimum Gasteiger partial charge on any atom is -0.354 e. The molecule has 0 amide bonds. The van der Waals surface area contributed by atoms with Crippen LogP contribution in [0, 0.1) is 18.3 Å². The number of aromatic nitrogens is 5. The van der Waals surface area contributed by atoms with Crippen LogP contribution in [0.1, 0.15) is 41.8 Å². The highest BCUT2D eigenvalue weighted by Gasteiger charge is 2.44. The number of aromatic amines is 1. The Hall–Kier alpha value is -3.27. The van der Waals surface area contributed by atoms with Crippen molar-refractivity contribution in [2.45, 2.75) is 38.0 Å². The Labute approximate surface area is 163 Å². The molecule has 1 saturated heterocycles. The van der Waals surface area contributed by atoms with Gasteiger partial charge in [-0.25, -0.2) is 15.0 Å². The number of nitriles is 1. The molecule has 3 aromatic rings. The molecule has 0 aromatic carbocycles. The van der Waals surface area contributed by atoms with Crippen molar-refractivity contribution >= 4 is 5.82 Å². The van der Waals surface area contributed by atoms with E-state index in [1.165, 1.54) is 11.3 Å². The molecule has 1 N–H and O–H groups in total. The Balaban J connectivity index is 1.53. The largest absolute Gasteiger partial charge is 0.354 e. The van der Waals surface area contributed by atoms with Gasteiger partial charge >= 0.3 is 0 Å². The number of pyridine rings is 1. The van der Waals surface area contributed by atoms with Gasteiger partial charge in [0, 0.05) is 29.9 Å². The van der Waals surface area contributed by atoms with E-state index in [4.69, 9.17) is 4.98 Å². The smallest absolute Gasteiger partial charge is 0.180 e. The van der Waals surface area contributed by atoms with Gasteiger partial charge in [0.25, 0.3) is 0 Å². The second kappa shape index (κ2) is 6.41. The molecule has 5 rings (SSSR count). The zero-order valence-corrected chi connectivity index (χ0v) is 15.8. The molecule has 0 bridgehead atoms. The minimum atomic E-state index is 0.0729. The standard InChI is InChI=1S/C21H21N7/c1-14-4-2-5-17(25-14)19-23-11-16(10-22)20(26-19)28-9-3-7-21(13-28)8-6-15-12-24-27-18(15)21/h2,4-5,11-12H,3,6-9,13H2,1H3,(H,24,27). The number of fused-ring (bicyclic) bond motifs is 2. The Bertz CT molecular complexity index is 1080. The highest BCUT2D eigenvalue weighted by atomic mass is 15.2. The molecule has 1 fully saturated rings. The van der Waals surface area contributed by atoms with Crippen molar-refractivity contribution in [3.63, 3.8) is 0 Å².